The zero-order valence-corrected chi connectivity index (χ0v) is 12.6. The summed E-state index contributed by atoms with van der Waals surface area (Å²) in [5, 5.41) is 20.8. The van der Waals surface area contributed by atoms with Gasteiger partial charge in [-0.05, 0) is 22.8 Å². The van der Waals surface area contributed by atoms with Crippen molar-refractivity contribution in [3.63, 3.8) is 0 Å². The molecule has 5 nitrogen and oxygen atoms in total. The first kappa shape index (κ1) is 14.1. The van der Waals surface area contributed by atoms with Crippen molar-refractivity contribution < 1.29 is 4.92 Å². The number of rotatable bonds is 2. The summed E-state index contributed by atoms with van der Waals surface area (Å²) >= 11 is 0. The van der Waals surface area contributed by atoms with E-state index < -0.39 is 4.92 Å². The number of nitro benzene ring substituents is 1. The van der Waals surface area contributed by atoms with Gasteiger partial charge in [0.15, 0.2) is 0 Å². The van der Waals surface area contributed by atoms with Gasteiger partial charge in [0.25, 0.3) is 5.69 Å². The van der Waals surface area contributed by atoms with Crippen LogP contribution in [0.5, 0.6) is 0 Å². The van der Waals surface area contributed by atoms with Crippen molar-refractivity contribution in [3.05, 3.63) is 81.5 Å². The van der Waals surface area contributed by atoms with E-state index in [0.29, 0.717) is 23.2 Å². The number of nitrogens with zero attached hydrogens (tertiary/aromatic N) is 3. The van der Waals surface area contributed by atoms with Crippen molar-refractivity contribution >= 4 is 5.69 Å². The first-order chi connectivity index (χ1) is 11.7. The lowest BCUT2D eigenvalue weighted by Crippen LogP contribution is -1.98. The van der Waals surface area contributed by atoms with Crippen LogP contribution in [0.25, 0.3) is 22.4 Å². The van der Waals surface area contributed by atoms with Crippen LogP contribution in [0.3, 0.4) is 0 Å². The van der Waals surface area contributed by atoms with Crippen molar-refractivity contribution in [1.82, 2.24) is 4.98 Å². The zero-order valence-electron chi connectivity index (χ0n) is 12.6. The lowest BCUT2D eigenvalue weighted by atomic mass is 9.97. The highest BCUT2D eigenvalue weighted by molar-refractivity contribution is 5.88. The van der Waals surface area contributed by atoms with Crippen LogP contribution in [0.4, 0.5) is 5.69 Å². The van der Waals surface area contributed by atoms with Gasteiger partial charge in [-0.25, -0.2) is 0 Å². The van der Waals surface area contributed by atoms with Gasteiger partial charge >= 0.3 is 0 Å². The van der Waals surface area contributed by atoms with Gasteiger partial charge in [0.2, 0.25) is 0 Å². The minimum Gasteiger partial charge on any atom is -0.258 e. The monoisotopic (exact) mass is 313 g/mol. The average Bonchev–Trinajstić information content (AvgIpc) is 3.00. The average molecular weight is 313 g/mol. The number of hydrogen-bond acceptors (Lipinski definition) is 4. The number of nitriles is 1. The predicted octanol–water partition coefficient (Wildman–Crippen LogP) is 4.10. The van der Waals surface area contributed by atoms with Crippen LogP contribution in [0.2, 0.25) is 0 Å². The highest BCUT2D eigenvalue weighted by Crippen LogP contribution is 2.43. The predicted molar refractivity (Wildman–Crippen MR) is 89.3 cm³/mol. The highest BCUT2D eigenvalue weighted by Gasteiger charge is 2.28. The van der Waals surface area contributed by atoms with E-state index in [2.05, 4.69) is 11.1 Å². The summed E-state index contributed by atoms with van der Waals surface area (Å²) in [5.74, 6) is 0. The first-order valence-corrected chi connectivity index (χ1v) is 7.44. The Morgan fingerprint density at radius 1 is 1.08 bits per heavy atom. The Morgan fingerprint density at radius 3 is 2.54 bits per heavy atom. The first-order valence-electron chi connectivity index (χ1n) is 7.44. The van der Waals surface area contributed by atoms with Crippen LogP contribution in [0.1, 0.15) is 16.7 Å². The molecule has 0 bridgehead atoms. The SMILES string of the molecule is N#Cc1cnc(-c2ccccc2[N+](=O)[O-])c2c1-c1ccccc1C2. The smallest absolute Gasteiger partial charge is 0.258 e. The summed E-state index contributed by atoms with van der Waals surface area (Å²) in [6.07, 6.45) is 2.13. The molecule has 114 valence electrons. The number of nitro groups is 1. The fraction of sp³-hybridized carbons (Fsp3) is 0.0526. The third-order valence-corrected chi connectivity index (χ3v) is 4.31. The Kier molecular flexibility index (Phi) is 3.10. The molecule has 4 rings (SSSR count). The normalized spacial score (nSPS) is 11.5. The Morgan fingerprint density at radius 2 is 1.79 bits per heavy atom. The maximum Gasteiger partial charge on any atom is 0.278 e. The molecule has 0 N–H and O–H groups in total. The summed E-state index contributed by atoms with van der Waals surface area (Å²) in [6, 6.07) is 16.6. The summed E-state index contributed by atoms with van der Waals surface area (Å²) in [4.78, 5) is 15.4. The summed E-state index contributed by atoms with van der Waals surface area (Å²) < 4.78 is 0. The van der Waals surface area contributed by atoms with Gasteiger partial charge in [0, 0.05) is 24.2 Å². The second-order valence-electron chi connectivity index (χ2n) is 5.59. The van der Waals surface area contributed by atoms with Gasteiger partial charge < -0.3 is 0 Å². The standard InChI is InChI=1S/C19H11N3O2/c20-10-13-11-21-19(15-7-3-4-8-17(15)22(23)24)16-9-12-5-1-2-6-14(12)18(13)16/h1-8,11H,9H2. The van der Waals surface area contributed by atoms with E-state index in [-0.39, 0.29) is 5.69 Å². The van der Waals surface area contributed by atoms with Crippen LogP contribution >= 0.6 is 0 Å². The minimum atomic E-state index is -0.399. The van der Waals surface area contributed by atoms with Gasteiger partial charge in [-0.3, -0.25) is 15.1 Å². The molecule has 0 saturated carbocycles. The van der Waals surface area contributed by atoms with Crippen molar-refractivity contribution in [2.75, 3.05) is 0 Å². The molecule has 0 spiro atoms. The lowest BCUT2D eigenvalue weighted by Gasteiger charge is -2.09. The number of pyridine rings is 1. The maximum absolute atomic E-state index is 11.4. The topological polar surface area (TPSA) is 79.8 Å². The second-order valence-corrected chi connectivity index (χ2v) is 5.59. The minimum absolute atomic E-state index is 0.0212. The largest absolute Gasteiger partial charge is 0.278 e. The third kappa shape index (κ3) is 1.97. The van der Waals surface area contributed by atoms with Gasteiger partial charge in [0.1, 0.15) is 6.07 Å². The molecule has 2 aromatic carbocycles. The zero-order chi connectivity index (χ0) is 16.7. The van der Waals surface area contributed by atoms with Gasteiger partial charge in [-0.2, -0.15) is 5.26 Å². The number of benzene rings is 2. The fourth-order valence-electron chi connectivity index (χ4n) is 3.29. The quantitative estimate of drug-likeness (QED) is 0.412. The lowest BCUT2D eigenvalue weighted by molar-refractivity contribution is -0.384. The van der Waals surface area contributed by atoms with E-state index in [4.69, 9.17) is 0 Å². The molecule has 1 aliphatic rings. The van der Waals surface area contributed by atoms with E-state index in [9.17, 15) is 15.4 Å². The van der Waals surface area contributed by atoms with E-state index in [0.717, 1.165) is 22.3 Å². The second kappa shape index (κ2) is 5.28. The van der Waals surface area contributed by atoms with E-state index in [1.807, 2.05) is 24.3 Å². The highest BCUT2D eigenvalue weighted by atomic mass is 16.6. The van der Waals surface area contributed by atoms with Gasteiger partial charge in [-0.1, -0.05) is 36.4 Å². The maximum atomic E-state index is 11.4. The number of fused-ring (bicyclic) bond motifs is 3. The van der Waals surface area contributed by atoms with Crippen LogP contribution < -0.4 is 0 Å². The van der Waals surface area contributed by atoms with Crippen molar-refractivity contribution in [2.45, 2.75) is 6.42 Å². The number of aromatic nitrogens is 1. The summed E-state index contributed by atoms with van der Waals surface area (Å²) in [7, 11) is 0. The summed E-state index contributed by atoms with van der Waals surface area (Å²) in [6.45, 7) is 0. The van der Waals surface area contributed by atoms with E-state index in [1.165, 1.54) is 12.3 Å². The molecule has 0 saturated heterocycles. The molecule has 1 aromatic heterocycles. The Bertz CT molecular complexity index is 1040. The van der Waals surface area contributed by atoms with Crippen molar-refractivity contribution in [3.8, 4) is 28.5 Å². The molecule has 5 heteroatoms. The molecule has 3 aromatic rings. The van der Waals surface area contributed by atoms with Crippen molar-refractivity contribution in [1.29, 1.82) is 5.26 Å². The van der Waals surface area contributed by atoms with E-state index in [1.54, 1.807) is 18.2 Å². The van der Waals surface area contributed by atoms with Gasteiger partial charge in [-0.15, -0.1) is 0 Å². The molecule has 0 aliphatic heterocycles. The summed E-state index contributed by atoms with van der Waals surface area (Å²) in [5.41, 5.74) is 5.41. The molecule has 24 heavy (non-hydrogen) atoms. The Labute approximate surface area is 138 Å². The number of para-hydroxylation sites is 1. The van der Waals surface area contributed by atoms with Crippen LogP contribution in [-0.2, 0) is 6.42 Å². The molecule has 0 amide bonds. The van der Waals surface area contributed by atoms with Crippen LogP contribution in [0, 0.1) is 21.4 Å². The molecule has 0 unspecified atom stereocenters. The van der Waals surface area contributed by atoms with Crippen LogP contribution in [-0.4, -0.2) is 9.91 Å². The third-order valence-electron chi connectivity index (χ3n) is 4.31. The molecular weight excluding hydrogens is 302 g/mol. The Balaban J connectivity index is 2.03. The molecule has 1 heterocycles. The molecule has 0 atom stereocenters. The molecular formula is C19H11N3O2. The molecule has 0 fully saturated rings. The molecule has 0 radical (unpaired) electrons. The van der Waals surface area contributed by atoms with Crippen LogP contribution in [0.15, 0.2) is 54.7 Å². The van der Waals surface area contributed by atoms with Crippen molar-refractivity contribution in [2.24, 2.45) is 0 Å². The fourth-order valence-corrected chi connectivity index (χ4v) is 3.29. The van der Waals surface area contributed by atoms with E-state index >= 15 is 0 Å². The Hall–Kier alpha value is -3.52. The number of hydrogen-bond donors (Lipinski definition) is 0. The molecule has 1 aliphatic carbocycles. The van der Waals surface area contributed by atoms with Gasteiger partial charge in [0.05, 0.1) is 21.7 Å².